The Morgan fingerprint density at radius 1 is 0.818 bits per heavy atom. The van der Waals surface area contributed by atoms with Gasteiger partial charge in [-0.15, -0.1) is 34.2 Å². The van der Waals surface area contributed by atoms with Gasteiger partial charge >= 0.3 is 21.7 Å². The monoisotopic (exact) mass is 400 g/mol. The van der Waals surface area contributed by atoms with Crippen LogP contribution in [0.1, 0.15) is 11.1 Å². The molecule has 3 aromatic carbocycles. The Bertz CT molecular complexity index is 710. The van der Waals surface area contributed by atoms with Crippen molar-refractivity contribution >= 4 is 30.7 Å². The number of fused-ring (bicyclic) bond motifs is 1. The fourth-order valence-corrected chi connectivity index (χ4v) is 3.67. The van der Waals surface area contributed by atoms with Crippen molar-refractivity contribution in [1.29, 1.82) is 0 Å². The molecular weight excluding hydrogens is 386 g/mol. The van der Waals surface area contributed by atoms with Crippen molar-refractivity contribution in [3.63, 3.8) is 0 Å². The van der Waals surface area contributed by atoms with Crippen LogP contribution in [0.15, 0.2) is 54.6 Å². The number of rotatable bonds is 2. The quantitative estimate of drug-likeness (QED) is 0.296. The molecule has 0 saturated carbocycles. The molecule has 0 nitrogen and oxygen atoms in total. The van der Waals surface area contributed by atoms with Crippen LogP contribution < -0.4 is 47.6 Å². The van der Waals surface area contributed by atoms with Crippen molar-refractivity contribution in [3.05, 3.63) is 65.7 Å². The van der Waals surface area contributed by atoms with Crippen molar-refractivity contribution < 1.29 is 58.9 Å². The van der Waals surface area contributed by atoms with Crippen LogP contribution in [0.5, 0.6) is 0 Å². The van der Waals surface area contributed by atoms with Crippen LogP contribution >= 0.6 is 0 Å². The SMILES string of the molecule is Cc1cccc([Si][c-]2ccc3ccccc32)c1C.[Cl-].[Cl-].[Cl-].[Ti+4]. The van der Waals surface area contributed by atoms with Gasteiger partial charge in [-0.2, -0.15) is 12.1 Å². The molecule has 5 heteroatoms. The predicted molar refractivity (Wildman–Crippen MR) is 80.5 cm³/mol. The van der Waals surface area contributed by atoms with E-state index in [2.05, 4.69) is 68.4 Å². The molecule has 0 spiro atoms. The minimum Gasteiger partial charge on any atom is -1.00 e. The van der Waals surface area contributed by atoms with Crippen LogP contribution in [0.4, 0.5) is 0 Å². The van der Waals surface area contributed by atoms with Gasteiger partial charge < -0.3 is 37.2 Å². The molecule has 0 aliphatic rings. The Hall–Kier alpha value is -0.149. The first kappa shape index (κ1) is 24.1. The molecule has 0 aliphatic carbocycles. The van der Waals surface area contributed by atoms with Crippen molar-refractivity contribution in [2.45, 2.75) is 13.8 Å². The van der Waals surface area contributed by atoms with Crippen molar-refractivity contribution in [2.24, 2.45) is 0 Å². The average molecular weight is 402 g/mol. The number of aryl methyl sites for hydroxylation is 1. The molecule has 0 heterocycles. The fourth-order valence-electron chi connectivity index (χ4n) is 2.29. The number of benzene rings is 2. The fraction of sp³-hybridized carbons (Fsp3) is 0.118. The molecule has 0 amide bonds. The van der Waals surface area contributed by atoms with Crippen molar-refractivity contribution in [2.75, 3.05) is 0 Å². The Morgan fingerprint density at radius 2 is 1.50 bits per heavy atom. The molecule has 0 atom stereocenters. The van der Waals surface area contributed by atoms with Gasteiger partial charge in [0.15, 0.2) is 0 Å². The molecule has 2 radical (unpaired) electrons. The minimum atomic E-state index is 0. The maximum Gasteiger partial charge on any atom is 4.00 e. The van der Waals surface area contributed by atoms with Gasteiger partial charge in [0.2, 0.25) is 0 Å². The van der Waals surface area contributed by atoms with E-state index in [1.807, 2.05) is 0 Å². The van der Waals surface area contributed by atoms with Gasteiger partial charge in [0.25, 0.3) is 0 Å². The summed E-state index contributed by atoms with van der Waals surface area (Å²) in [7, 11) is 0.750. The number of hydrogen-bond acceptors (Lipinski definition) is 0. The number of hydrogen-bond donors (Lipinski definition) is 0. The molecule has 0 fully saturated rings. The van der Waals surface area contributed by atoms with E-state index in [1.54, 1.807) is 0 Å². The third kappa shape index (κ3) is 4.92. The zero-order valence-electron chi connectivity index (χ0n) is 12.3. The van der Waals surface area contributed by atoms with E-state index in [-0.39, 0.29) is 58.9 Å². The first-order valence-corrected chi connectivity index (χ1v) is 7.23. The molecule has 0 bridgehead atoms. The Labute approximate surface area is 168 Å². The molecule has 0 aliphatic heterocycles. The molecule has 0 unspecified atom stereocenters. The van der Waals surface area contributed by atoms with Gasteiger partial charge in [0.05, 0.1) is 9.52 Å². The summed E-state index contributed by atoms with van der Waals surface area (Å²) >= 11 is 0. The van der Waals surface area contributed by atoms with Crippen LogP contribution in [-0.4, -0.2) is 9.52 Å². The van der Waals surface area contributed by atoms with E-state index in [9.17, 15) is 0 Å². The normalized spacial score (nSPS) is 9.00. The van der Waals surface area contributed by atoms with Gasteiger partial charge in [-0.1, -0.05) is 35.0 Å². The summed E-state index contributed by atoms with van der Waals surface area (Å²) in [5.41, 5.74) is 2.82. The van der Waals surface area contributed by atoms with Crippen LogP contribution in [-0.2, 0) is 21.7 Å². The summed E-state index contributed by atoms with van der Waals surface area (Å²) in [5.74, 6) is 0. The van der Waals surface area contributed by atoms with Crippen LogP contribution in [0.2, 0.25) is 0 Å². The Morgan fingerprint density at radius 3 is 2.23 bits per heavy atom. The van der Waals surface area contributed by atoms with E-state index in [4.69, 9.17) is 0 Å². The molecule has 3 rings (SSSR count). The van der Waals surface area contributed by atoms with Crippen LogP contribution in [0.25, 0.3) is 10.8 Å². The van der Waals surface area contributed by atoms with E-state index in [0.29, 0.717) is 0 Å². The van der Waals surface area contributed by atoms with Gasteiger partial charge in [-0.3, -0.25) is 0 Å². The summed E-state index contributed by atoms with van der Waals surface area (Å²) in [6.45, 7) is 4.41. The molecule has 22 heavy (non-hydrogen) atoms. The molecule has 0 aromatic heterocycles. The van der Waals surface area contributed by atoms with E-state index < -0.39 is 0 Å². The summed E-state index contributed by atoms with van der Waals surface area (Å²) in [6.07, 6.45) is 0. The maximum absolute atomic E-state index is 2.27. The Kier molecular flexibility index (Phi) is 11.6. The minimum absolute atomic E-state index is 0. The second kappa shape index (κ2) is 10.6. The molecule has 112 valence electrons. The standard InChI is InChI=1S/C17H15Si.3ClH.Ti/c1-12-6-5-9-16(13(12)2)18-17-11-10-14-7-3-4-8-15(14)17;;;;/h3-11H,1-2H3;3*1H;/q-1;;;;+4/p-3. The second-order valence-electron chi connectivity index (χ2n) is 4.71. The summed E-state index contributed by atoms with van der Waals surface area (Å²) in [5, 5.41) is 5.67. The third-order valence-electron chi connectivity index (χ3n) is 3.55. The molecular formula is C17H15Cl3SiTi. The molecule has 0 N–H and O–H groups in total. The van der Waals surface area contributed by atoms with E-state index in [0.717, 1.165) is 9.52 Å². The zero-order chi connectivity index (χ0) is 12.5. The molecule has 0 saturated heterocycles. The maximum atomic E-state index is 2.27. The largest absolute Gasteiger partial charge is 4.00 e. The third-order valence-corrected chi connectivity index (χ3v) is 5.07. The first-order chi connectivity index (χ1) is 8.75. The van der Waals surface area contributed by atoms with Gasteiger partial charge in [0, 0.05) is 0 Å². The van der Waals surface area contributed by atoms with Crippen LogP contribution in [0.3, 0.4) is 0 Å². The first-order valence-electron chi connectivity index (χ1n) is 6.23. The predicted octanol–water partition coefficient (Wildman–Crippen LogP) is -6.16. The zero-order valence-corrected chi connectivity index (χ0v) is 17.2. The summed E-state index contributed by atoms with van der Waals surface area (Å²) in [4.78, 5) is 0. The summed E-state index contributed by atoms with van der Waals surface area (Å²) < 4.78 is 0. The summed E-state index contributed by atoms with van der Waals surface area (Å²) in [6, 6.07) is 19.7. The van der Waals surface area contributed by atoms with Crippen molar-refractivity contribution in [1.82, 2.24) is 0 Å². The second-order valence-corrected chi connectivity index (χ2v) is 6.03. The van der Waals surface area contributed by atoms with Gasteiger partial charge in [-0.25, -0.2) is 0 Å². The smallest absolute Gasteiger partial charge is 1.00 e. The molecule has 3 aromatic rings. The van der Waals surface area contributed by atoms with E-state index in [1.165, 1.54) is 32.3 Å². The van der Waals surface area contributed by atoms with Gasteiger partial charge in [-0.05, 0) is 19.4 Å². The van der Waals surface area contributed by atoms with Crippen molar-refractivity contribution in [3.8, 4) is 0 Å². The van der Waals surface area contributed by atoms with Crippen LogP contribution in [0, 0.1) is 13.8 Å². The topological polar surface area (TPSA) is 0 Å². The number of halogens is 3. The van der Waals surface area contributed by atoms with Gasteiger partial charge in [0.1, 0.15) is 0 Å². The van der Waals surface area contributed by atoms with E-state index >= 15 is 0 Å². The average Bonchev–Trinajstić information content (AvgIpc) is 2.79. The Balaban J connectivity index is 0.